The van der Waals surface area contributed by atoms with Crippen LogP contribution in [0.3, 0.4) is 0 Å². The van der Waals surface area contributed by atoms with E-state index in [-0.39, 0.29) is 6.04 Å². The summed E-state index contributed by atoms with van der Waals surface area (Å²) < 4.78 is 3.13. The van der Waals surface area contributed by atoms with Gasteiger partial charge in [0.15, 0.2) is 0 Å². The normalized spacial score (nSPS) is 12.7. The molecule has 3 nitrogen and oxygen atoms in total. The van der Waals surface area contributed by atoms with Crippen molar-refractivity contribution in [2.24, 2.45) is 12.8 Å². The molecule has 108 valence electrons. The molecular formula is C17H18BrN3. The summed E-state index contributed by atoms with van der Waals surface area (Å²) in [7, 11) is 2.03. The molecule has 3 aromatic rings. The molecule has 3 rings (SSSR count). The zero-order valence-corrected chi connectivity index (χ0v) is 13.5. The molecule has 0 spiro atoms. The van der Waals surface area contributed by atoms with Crippen molar-refractivity contribution in [3.63, 3.8) is 0 Å². The number of nitrogens with two attached hydrogens (primary N) is 1. The lowest BCUT2D eigenvalue weighted by molar-refractivity contribution is 0.592. The van der Waals surface area contributed by atoms with Gasteiger partial charge in [-0.25, -0.2) is 4.98 Å². The SMILES string of the molecule is Cn1c(C(N)CCc2ccccc2)nc2cc(Br)ccc21. The molecule has 0 amide bonds. The molecule has 21 heavy (non-hydrogen) atoms. The van der Waals surface area contributed by atoms with Crippen LogP contribution in [0.15, 0.2) is 53.0 Å². The number of benzene rings is 2. The average Bonchev–Trinajstić information content (AvgIpc) is 2.82. The molecule has 0 saturated carbocycles. The first kappa shape index (κ1) is 14.3. The molecule has 2 N–H and O–H groups in total. The maximum Gasteiger partial charge on any atom is 0.126 e. The molecule has 2 aromatic carbocycles. The van der Waals surface area contributed by atoms with Crippen molar-refractivity contribution in [2.45, 2.75) is 18.9 Å². The molecule has 0 aliphatic rings. The molecule has 0 radical (unpaired) electrons. The average molecular weight is 344 g/mol. The van der Waals surface area contributed by atoms with Gasteiger partial charge >= 0.3 is 0 Å². The fraction of sp³-hybridized carbons (Fsp3) is 0.235. The minimum absolute atomic E-state index is 0.0543. The summed E-state index contributed by atoms with van der Waals surface area (Å²) in [6.45, 7) is 0. The lowest BCUT2D eigenvalue weighted by Crippen LogP contribution is -2.16. The van der Waals surface area contributed by atoms with E-state index in [4.69, 9.17) is 10.7 Å². The highest BCUT2D eigenvalue weighted by Gasteiger charge is 2.15. The number of hydrogen-bond donors (Lipinski definition) is 1. The van der Waals surface area contributed by atoms with Crippen molar-refractivity contribution >= 4 is 27.0 Å². The van der Waals surface area contributed by atoms with Crippen LogP contribution in [0.5, 0.6) is 0 Å². The Morgan fingerprint density at radius 3 is 2.71 bits per heavy atom. The van der Waals surface area contributed by atoms with Gasteiger partial charge in [-0.15, -0.1) is 0 Å². The minimum atomic E-state index is -0.0543. The summed E-state index contributed by atoms with van der Waals surface area (Å²) in [4.78, 5) is 4.69. The largest absolute Gasteiger partial charge is 0.330 e. The van der Waals surface area contributed by atoms with Gasteiger partial charge in [-0.3, -0.25) is 0 Å². The highest BCUT2D eigenvalue weighted by atomic mass is 79.9. The Balaban J connectivity index is 1.81. The second-order valence-electron chi connectivity index (χ2n) is 5.29. The monoisotopic (exact) mass is 343 g/mol. The molecule has 0 saturated heterocycles. The molecule has 0 fully saturated rings. The molecule has 1 aromatic heterocycles. The summed E-state index contributed by atoms with van der Waals surface area (Å²) in [5.74, 6) is 0.944. The zero-order chi connectivity index (χ0) is 14.8. The standard InChI is InChI=1S/C17H18BrN3/c1-21-16-10-8-13(18)11-15(16)20-17(21)14(19)9-7-12-5-3-2-4-6-12/h2-6,8,10-11,14H,7,9,19H2,1H3. The molecular weight excluding hydrogens is 326 g/mol. The number of fused-ring (bicyclic) bond motifs is 1. The Kier molecular flexibility index (Phi) is 4.08. The Bertz CT molecular complexity index is 749. The third-order valence-electron chi connectivity index (χ3n) is 3.80. The first-order valence-corrected chi connectivity index (χ1v) is 7.86. The van der Waals surface area contributed by atoms with E-state index < -0.39 is 0 Å². The molecule has 1 heterocycles. The first-order chi connectivity index (χ1) is 10.1. The van der Waals surface area contributed by atoms with Crippen LogP contribution in [0.4, 0.5) is 0 Å². The summed E-state index contributed by atoms with van der Waals surface area (Å²) >= 11 is 3.48. The van der Waals surface area contributed by atoms with Crippen molar-refractivity contribution in [3.05, 3.63) is 64.4 Å². The number of nitrogens with zero attached hydrogens (tertiary/aromatic N) is 2. The maximum absolute atomic E-state index is 6.35. The van der Waals surface area contributed by atoms with Crippen molar-refractivity contribution in [3.8, 4) is 0 Å². The van der Waals surface area contributed by atoms with E-state index in [1.807, 2.05) is 25.2 Å². The van der Waals surface area contributed by atoms with Crippen molar-refractivity contribution in [1.82, 2.24) is 9.55 Å². The Hall–Kier alpha value is -1.65. The van der Waals surface area contributed by atoms with Crippen LogP contribution in [0.1, 0.15) is 23.9 Å². The number of aryl methyl sites for hydroxylation is 2. The van der Waals surface area contributed by atoms with E-state index in [1.54, 1.807) is 0 Å². The van der Waals surface area contributed by atoms with Crippen molar-refractivity contribution in [2.75, 3.05) is 0 Å². The van der Waals surface area contributed by atoms with Gasteiger partial charge in [-0.2, -0.15) is 0 Å². The molecule has 0 aliphatic heterocycles. The topological polar surface area (TPSA) is 43.8 Å². The maximum atomic E-state index is 6.35. The van der Waals surface area contributed by atoms with Gasteiger partial charge in [0, 0.05) is 11.5 Å². The summed E-state index contributed by atoms with van der Waals surface area (Å²) in [5.41, 5.74) is 9.76. The first-order valence-electron chi connectivity index (χ1n) is 7.06. The number of hydrogen-bond acceptors (Lipinski definition) is 2. The predicted octanol–water partition coefficient (Wildman–Crippen LogP) is 3.97. The Labute approximate surface area is 132 Å². The molecule has 0 aliphatic carbocycles. The summed E-state index contributed by atoms with van der Waals surface area (Å²) in [6, 6.07) is 16.5. The second-order valence-corrected chi connectivity index (χ2v) is 6.21. The molecule has 1 atom stereocenters. The quantitative estimate of drug-likeness (QED) is 0.778. The van der Waals surface area contributed by atoms with Crippen LogP contribution in [0, 0.1) is 0 Å². The molecule has 0 bridgehead atoms. The molecule has 4 heteroatoms. The van der Waals surface area contributed by atoms with E-state index in [2.05, 4.69) is 50.8 Å². The van der Waals surface area contributed by atoms with Crippen LogP contribution in [-0.2, 0) is 13.5 Å². The summed E-state index contributed by atoms with van der Waals surface area (Å²) in [6.07, 6.45) is 1.86. The highest BCUT2D eigenvalue weighted by Crippen LogP contribution is 2.24. The summed E-state index contributed by atoms with van der Waals surface area (Å²) in [5, 5.41) is 0. The van der Waals surface area contributed by atoms with Gasteiger partial charge in [0.2, 0.25) is 0 Å². The lowest BCUT2D eigenvalue weighted by atomic mass is 10.1. The number of imidazole rings is 1. The van der Waals surface area contributed by atoms with E-state index in [1.165, 1.54) is 5.56 Å². The second kappa shape index (κ2) is 6.00. The van der Waals surface area contributed by atoms with Gasteiger partial charge in [0.1, 0.15) is 5.82 Å². The van der Waals surface area contributed by atoms with Crippen LogP contribution in [0.25, 0.3) is 11.0 Å². The fourth-order valence-corrected chi connectivity index (χ4v) is 2.97. The fourth-order valence-electron chi connectivity index (χ4n) is 2.62. The number of aromatic nitrogens is 2. The van der Waals surface area contributed by atoms with Gasteiger partial charge in [0.05, 0.1) is 17.1 Å². The number of rotatable bonds is 4. The Morgan fingerprint density at radius 1 is 1.19 bits per heavy atom. The van der Waals surface area contributed by atoms with Crippen LogP contribution >= 0.6 is 15.9 Å². The highest BCUT2D eigenvalue weighted by molar-refractivity contribution is 9.10. The van der Waals surface area contributed by atoms with Crippen molar-refractivity contribution in [1.29, 1.82) is 0 Å². The van der Waals surface area contributed by atoms with Crippen LogP contribution in [0.2, 0.25) is 0 Å². The smallest absolute Gasteiger partial charge is 0.126 e. The van der Waals surface area contributed by atoms with Gasteiger partial charge in [0.25, 0.3) is 0 Å². The van der Waals surface area contributed by atoms with Gasteiger partial charge < -0.3 is 10.3 Å². The van der Waals surface area contributed by atoms with E-state index in [9.17, 15) is 0 Å². The lowest BCUT2D eigenvalue weighted by Gasteiger charge is -2.11. The van der Waals surface area contributed by atoms with Crippen molar-refractivity contribution < 1.29 is 0 Å². The molecule has 1 unspecified atom stereocenters. The van der Waals surface area contributed by atoms with Crippen LogP contribution < -0.4 is 5.73 Å². The minimum Gasteiger partial charge on any atom is -0.330 e. The van der Waals surface area contributed by atoms with E-state index >= 15 is 0 Å². The zero-order valence-electron chi connectivity index (χ0n) is 12.0. The third kappa shape index (κ3) is 3.01. The predicted molar refractivity (Wildman–Crippen MR) is 90.1 cm³/mol. The Morgan fingerprint density at radius 2 is 1.95 bits per heavy atom. The van der Waals surface area contributed by atoms with Gasteiger partial charge in [-0.1, -0.05) is 46.3 Å². The van der Waals surface area contributed by atoms with E-state index in [0.717, 1.165) is 34.2 Å². The van der Waals surface area contributed by atoms with Gasteiger partial charge in [-0.05, 0) is 36.6 Å². The van der Waals surface area contributed by atoms with Crippen LogP contribution in [-0.4, -0.2) is 9.55 Å². The third-order valence-corrected chi connectivity index (χ3v) is 4.29. The number of halogens is 1. The van der Waals surface area contributed by atoms with E-state index in [0.29, 0.717) is 0 Å².